The molecule has 0 radical (unpaired) electrons. The number of carbonyl (C=O) groups excluding carboxylic acids is 3. The van der Waals surface area contributed by atoms with Gasteiger partial charge in [-0.15, -0.1) is 0 Å². The zero-order valence-corrected chi connectivity index (χ0v) is 18.6. The van der Waals surface area contributed by atoms with Crippen LogP contribution < -0.4 is 10.2 Å². The number of carbonyl (C=O) groups is 3. The Labute approximate surface area is 182 Å². The van der Waals surface area contributed by atoms with Gasteiger partial charge in [-0.05, 0) is 51.2 Å². The van der Waals surface area contributed by atoms with Gasteiger partial charge in [0, 0.05) is 44.7 Å². The summed E-state index contributed by atoms with van der Waals surface area (Å²) in [5.74, 6) is 0.0899. The maximum Gasteiger partial charge on any atom is 0.410 e. The monoisotopic (exact) mass is 426 g/mol. The number of nitrogens with one attached hydrogen (secondary N) is 1. The minimum absolute atomic E-state index is 0.238. The number of piperidine rings is 1. The molecule has 3 heterocycles. The smallest absolute Gasteiger partial charge is 0.410 e. The van der Waals surface area contributed by atoms with Crippen LogP contribution in [0.25, 0.3) is 10.9 Å². The molecule has 2 aromatic rings. The summed E-state index contributed by atoms with van der Waals surface area (Å²) in [6.07, 6.45) is 3.90. The van der Waals surface area contributed by atoms with Gasteiger partial charge in [0.2, 0.25) is 5.91 Å². The number of aromatic nitrogens is 1. The number of imide groups is 1. The molecule has 1 aromatic heterocycles. The molecule has 2 aliphatic rings. The van der Waals surface area contributed by atoms with E-state index in [1.165, 1.54) is 5.56 Å². The van der Waals surface area contributed by atoms with Crippen LogP contribution in [0.1, 0.15) is 51.5 Å². The molecule has 4 amide bonds. The van der Waals surface area contributed by atoms with Crippen LogP contribution >= 0.6 is 0 Å². The number of aryl methyl sites for hydroxylation is 1. The first-order valence-corrected chi connectivity index (χ1v) is 10.8. The Morgan fingerprint density at radius 3 is 2.48 bits per heavy atom. The van der Waals surface area contributed by atoms with Crippen LogP contribution in [0.2, 0.25) is 0 Å². The number of fused-ring (bicyclic) bond motifs is 1. The topological polar surface area (TPSA) is 83.9 Å². The number of urea groups is 1. The second-order valence-corrected chi connectivity index (χ2v) is 9.37. The number of rotatable bonds is 2. The van der Waals surface area contributed by atoms with E-state index in [0.29, 0.717) is 32.0 Å². The third-order valence-electron chi connectivity index (χ3n) is 5.94. The first kappa shape index (κ1) is 21.2. The van der Waals surface area contributed by atoms with Crippen molar-refractivity contribution >= 4 is 34.6 Å². The quantitative estimate of drug-likeness (QED) is 0.793. The molecular formula is C23H30N4O4. The second-order valence-electron chi connectivity index (χ2n) is 9.37. The van der Waals surface area contributed by atoms with E-state index in [-0.39, 0.29) is 18.0 Å². The lowest BCUT2D eigenvalue weighted by Gasteiger charge is -2.33. The average Bonchev–Trinajstić information content (AvgIpc) is 3.04. The Morgan fingerprint density at radius 2 is 1.84 bits per heavy atom. The summed E-state index contributed by atoms with van der Waals surface area (Å²) < 4.78 is 7.57. The standard InChI is InChI=1S/C23H30N4O4/c1-23(2,3)31-22(30)26-11-8-15(9-12-26)17-14-25(4)20-16(17)6-5-7-18(20)27-13-10-19(28)24-21(27)29/h5-7,14-15H,8-13H2,1-4H3,(H,24,28,29). The number of nitrogens with zero attached hydrogens (tertiary/aromatic N) is 3. The van der Waals surface area contributed by atoms with Gasteiger partial charge < -0.3 is 14.2 Å². The van der Waals surface area contributed by atoms with Crippen LogP contribution in [0.3, 0.4) is 0 Å². The summed E-state index contributed by atoms with van der Waals surface area (Å²) in [5.41, 5.74) is 2.53. The van der Waals surface area contributed by atoms with Crippen LogP contribution in [-0.2, 0) is 16.6 Å². The Balaban J connectivity index is 1.56. The van der Waals surface area contributed by atoms with Gasteiger partial charge in [-0.2, -0.15) is 0 Å². The van der Waals surface area contributed by atoms with Crippen molar-refractivity contribution in [3.05, 3.63) is 30.0 Å². The summed E-state index contributed by atoms with van der Waals surface area (Å²) in [6.45, 7) is 7.33. The molecule has 0 saturated carbocycles. The van der Waals surface area contributed by atoms with Gasteiger partial charge in [0.1, 0.15) is 5.60 Å². The molecule has 0 aliphatic carbocycles. The number of ether oxygens (including phenoxy) is 1. The van der Waals surface area contributed by atoms with Gasteiger partial charge in [-0.25, -0.2) is 9.59 Å². The Bertz CT molecular complexity index is 1030. The van der Waals surface area contributed by atoms with Gasteiger partial charge >= 0.3 is 12.1 Å². The first-order chi connectivity index (χ1) is 14.6. The number of amides is 4. The second kappa shape index (κ2) is 7.90. The van der Waals surface area contributed by atoms with Crippen molar-refractivity contribution in [1.29, 1.82) is 0 Å². The van der Waals surface area contributed by atoms with Gasteiger partial charge in [-0.3, -0.25) is 15.0 Å². The molecule has 2 fully saturated rings. The molecule has 2 saturated heterocycles. The number of para-hydroxylation sites is 1. The summed E-state index contributed by atoms with van der Waals surface area (Å²) >= 11 is 0. The molecule has 166 valence electrons. The highest BCUT2D eigenvalue weighted by molar-refractivity contribution is 6.09. The largest absolute Gasteiger partial charge is 0.444 e. The molecule has 31 heavy (non-hydrogen) atoms. The Hall–Kier alpha value is -3.03. The number of anilines is 1. The van der Waals surface area contributed by atoms with E-state index >= 15 is 0 Å². The third-order valence-corrected chi connectivity index (χ3v) is 5.94. The van der Waals surface area contributed by atoms with Crippen molar-refractivity contribution in [2.45, 2.75) is 51.6 Å². The van der Waals surface area contributed by atoms with E-state index in [4.69, 9.17) is 4.74 Å². The molecular weight excluding hydrogens is 396 g/mol. The molecule has 0 spiro atoms. The lowest BCUT2D eigenvalue weighted by Crippen LogP contribution is -2.49. The maximum atomic E-state index is 12.4. The average molecular weight is 427 g/mol. The molecule has 0 unspecified atom stereocenters. The number of benzene rings is 1. The third kappa shape index (κ3) is 4.24. The van der Waals surface area contributed by atoms with Crippen LogP contribution in [0, 0.1) is 0 Å². The highest BCUT2D eigenvalue weighted by atomic mass is 16.6. The van der Waals surface area contributed by atoms with Crippen LogP contribution in [0.15, 0.2) is 24.4 Å². The van der Waals surface area contributed by atoms with Crippen molar-refractivity contribution in [3.8, 4) is 0 Å². The van der Waals surface area contributed by atoms with E-state index in [1.54, 1.807) is 9.80 Å². The Morgan fingerprint density at radius 1 is 1.13 bits per heavy atom. The number of likely N-dealkylation sites (tertiary alicyclic amines) is 1. The van der Waals surface area contributed by atoms with E-state index in [1.807, 2.05) is 40.0 Å². The minimum Gasteiger partial charge on any atom is -0.444 e. The molecule has 8 nitrogen and oxygen atoms in total. The zero-order chi connectivity index (χ0) is 22.3. The molecule has 0 atom stereocenters. The molecule has 0 bridgehead atoms. The Kier molecular flexibility index (Phi) is 5.41. The number of hydrogen-bond acceptors (Lipinski definition) is 4. The molecule has 1 N–H and O–H groups in total. The predicted octanol–water partition coefficient (Wildman–Crippen LogP) is 3.74. The van der Waals surface area contributed by atoms with E-state index in [9.17, 15) is 14.4 Å². The summed E-state index contributed by atoms with van der Waals surface area (Å²) in [5, 5.41) is 3.51. The highest BCUT2D eigenvalue weighted by Gasteiger charge is 2.30. The molecule has 4 rings (SSSR count). The fourth-order valence-corrected chi connectivity index (χ4v) is 4.51. The van der Waals surface area contributed by atoms with Crippen LogP contribution in [-0.4, -0.2) is 52.7 Å². The van der Waals surface area contributed by atoms with E-state index in [0.717, 1.165) is 29.4 Å². The summed E-state index contributed by atoms with van der Waals surface area (Å²) in [4.78, 5) is 39.7. The van der Waals surface area contributed by atoms with Crippen molar-refractivity contribution < 1.29 is 19.1 Å². The zero-order valence-electron chi connectivity index (χ0n) is 18.6. The van der Waals surface area contributed by atoms with Crippen molar-refractivity contribution in [2.24, 2.45) is 7.05 Å². The van der Waals surface area contributed by atoms with Crippen molar-refractivity contribution in [2.75, 3.05) is 24.5 Å². The first-order valence-electron chi connectivity index (χ1n) is 10.8. The van der Waals surface area contributed by atoms with Crippen molar-refractivity contribution in [1.82, 2.24) is 14.8 Å². The summed E-state index contributed by atoms with van der Waals surface area (Å²) in [7, 11) is 1.98. The molecule has 8 heteroatoms. The predicted molar refractivity (Wildman–Crippen MR) is 118 cm³/mol. The van der Waals surface area contributed by atoms with Crippen LogP contribution in [0.5, 0.6) is 0 Å². The van der Waals surface area contributed by atoms with Gasteiger partial charge in [-0.1, -0.05) is 12.1 Å². The fourth-order valence-electron chi connectivity index (χ4n) is 4.51. The molecule has 1 aromatic carbocycles. The lowest BCUT2D eigenvalue weighted by molar-refractivity contribution is -0.120. The van der Waals surface area contributed by atoms with Crippen molar-refractivity contribution in [3.63, 3.8) is 0 Å². The van der Waals surface area contributed by atoms with Crippen LogP contribution in [0.4, 0.5) is 15.3 Å². The van der Waals surface area contributed by atoms with E-state index < -0.39 is 5.60 Å². The van der Waals surface area contributed by atoms with E-state index in [2.05, 4.69) is 22.1 Å². The fraction of sp³-hybridized carbons (Fsp3) is 0.522. The maximum absolute atomic E-state index is 12.4. The SMILES string of the molecule is Cn1cc(C2CCN(C(=O)OC(C)(C)C)CC2)c2cccc(N3CCC(=O)NC3=O)c21. The van der Waals surface area contributed by atoms with Gasteiger partial charge in [0.15, 0.2) is 0 Å². The number of hydrogen-bond donors (Lipinski definition) is 1. The lowest BCUT2D eigenvalue weighted by atomic mass is 9.89. The van der Waals surface area contributed by atoms with Gasteiger partial charge in [0.25, 0.3) is 0 Å². The highest BCUT2D eigenvalue weighted by Crippen LogP contribution is 2.38. The summed E-state index contributed by atoms with van der Waals surface area (Å²) in [6, 6.07) is 5.59. The normalized spacial score (nSPS) is 18.5. The minimum atomic E-state index is -0.495. The van der Waals surface area contributed by atoms with Gasteiger partial charge in [0.05, 0.1) is 11.2 Å². The molecule has 2 aliphatic heterocycles.